The molecule has 0 amide bonds. The van der Waals surface area contributed by atoms with Crippen LogP contribution >= 0.6 is 0 Å². The van der Waals surface area contributed by atoms with Gasteiger partial charge >= 0.3 is 5.97 Å². The molecule has 0 radical (unpaired) electrons. The molecule has 1 rings (SSSR count). The number of aliphatic hydroxyl groups excluding tert-OH is 1. The summed E-state index contributed by atoms with van der Waals surface area (Å²) in [5.41, 5.74) is 5.55. The maximum Gasteiger partial charge on any atom is 0.331 e. The van der Waals surface area contributed by atoms with Gasteiger partial charge in [-0.3, -0.25) is 0 Å². The highest BCUT2D eigenvalue weighted by atomic mass is 16.4. The third kappa shape index (κ3) is 1.17. The number of carboxylic acid groups (broad SMARTS) is 1. The van der Waals surface area contributed by atoms with E-state index in [2.05, 4.69) is 0 Å². The van der Waals surface area contributed by atoms with Crippen LogP contribution in [0.3, 0.4) is 0 Å². The molecule has 0 aromatic carbocycles. The van der Waals surface area contributed by atoms with Crippen molar-refractivity contribution in [3.05, 3.63) is 11.6 Å². The van der Waals surface area contributed by atoms with Crippen LogP contribution in [-0.4, -0.2) is 28.3 Å². The van der Waals surface area contributed by atoms with Gasteiger partial charge in [0.15, 0.2) is 0 Å². The average Bonchev–Trinajstić information content (AvgIpc) is 2.13. The smallest absolute Gasteiger partial charge is 0.331 e. The minimum atomic E-state index is -0.994. The third-order valence-electron chi connectivity index (χ3n) is 1.54. The predicted molar refractivity (Wildman–Crippen MR) is 34.3 cm³/mol. The van der Waals surface area contributed by atoms with E-state index in [9.17, 15) is 4.79 Å². The highest BCUT2D eigenvalue weighted by Gasteiger charge is 2.25. The Morgan fingerprint density at radius 3 is 2.60 bits per heavy atom. The van der Waals surface area contributed by atoms with Crippen molar-refractivity contribution in [3.8, 4) is 0 Å². The summed E-state index contributed by atoms with van der Waals surface area (Å²) in [7, 11) is 0. The van der Waals surface area contributed by atoms with Gasteiger partial charge in [0, 0.05) is 11.6 Å². The minimum Gasteiger partial charge on any atom is -0.478 e. The Kier molecular flexibility index (Phi) is 1.74. The molecule has 1 aliphatic rings. The van der Waals surface area contributed by atoms with Crippen LogP contribution in [0.25, 0.3) is 0 Å². The number of rotatable bonds is 1. The van der Waals surface area contributed by atoms with Crippen LogP contribution < -0.4 is 5.73 Å². The molecule has 4 nitrogen and oxygen atoms in total. The number of carbonyl (C=O) groups is 1. The van der Waals surface area contributed by atoms with E-state index in [0.29, 0.717) is 0 Å². The number of carboxylic acids is 1. The van der Waals surface area contributed by atoms with Crippen LogP contribution in [0.1, 0.15) is 6.42 Å². The molecule has 1 aliphatic carbocycles. The fraction of sp³-hybridized carbons (Fsp3) is 0.500. The Hall–Kier alpha value is -0.870. The van der Waals surface area contributed by atoms with E-state index in [4.69, 9.17) is 15.9 Å². The zero-order chi connectivity index (χ0) is 7.72. The molecule has 4 heteroatoms. The van der Waals surface area contributed by atoms with Crippen LogP contribution in [-0.2, 0) is 4.79 Å². The van der Waals surface area contributed by atoms with Crippen LogP contribution in [0.2, 0.25) is 0 Å². The Balaban J connectivity index is 2.67. The van der Waals surface area contributed by atoms with Crippen molar-refractivity contribution in [2.45, 2.75) is 18.6 Å². The lowest BCUT2D eigenvalue weighted by molar-refractivity contribution is -0.132. The molecule has 56 valence electrons. The first kappa shape index (κ1) is 7.24. The van der Waals surface area contributed by atoms with E-state index in [-0.39, 0.29) is 12.0 Å². The Morgan fingerprint density at radius 2 is 2.40 bits per heavy atom. The zero-order valence-corrected chi connectivity index (χ0v) is 5.32. The van der Waals surface area contributed by atoms with Gasteiger partial charge in [0.2, 0.25) is 0 Å². The zero-order valence-electron chi connectivity index (χ0n) is 5.32. The number of hydrogen-bond donors (Lipinski definition) is 3. The monoisotopic (exact) mass is 143 g/mol. The second kappa shape index (κ2) is 2.40. The normalized spacial score (nSPS) is 32.0. The lowest BCUT2D eigenvalue weighted by atomic mass is 10.2. The van der Waals surface area contributed by atoms with Crippen molar-refractivity contribution in [2.75, 3.05) is 0 Å². The van der Waals surface area contributed by atoms with Gasteiger partial charge in [-0.2, -0.15) is 0 Å². The lowest BCUT2D eigenvalue weighted by Gasteiger charge is -2.04. The molecule has 10 heavy (non-hydrogen) atoms. The first-order chi connectivity index (χ1) is 4.61. The second-order valence-electron chi connectivity index (χ2n) is 2.36. The van der Waals surface area contributed by atoms with E-state index in [1.807, 2.05) is 0 Å². The van der Waals surface area contributed by atoms with Crippen molar-refractivity contribution >= 4 is 5.97 Å². The molecule has 0 fully saturated rings. The summed E-state index contributed by atoms with van der Waals surface area (Å²) in [5, 5.41) is 17.4. The molecule has 0 spiro atoms. The third-order valence-corrected chi connectivity index (χ3v) is 1.54. The summed E-state index contributed by atoms with van der Waals surface area (Å²) in [6.45, 7) is 0. The molecule has 0 saturated carbocycles. The molecule has 0 saturated heterocycles. The molecule has 4 N–H and O–H groups in total. The van der Waals surface area contributed by atoms with Crippen molar-refractivity contribution < 1.29 is 15.0 Å². The SMILES string of the molecule is NC1CC(C(=O)O)=CC1O. The maximum atomic E-state index is 10.3. The number of aliphatic hydroxyl groups is 1. The van der Waals surface area contributed by atoms with Gasteiger partial charge in [-0.05, 0) is 12.5 Å². The minimum absolute atomic E-state index is 0.208. The first-order valence-electron chi connectivity index (χ1n) is 2.99. The largest absolute Gasteiger partial charge is 0.478 e. The van der Waals surface area contributed by atoms with Crippen molar-refractivity contribution in [3.63, 3.8) is 0 Å². The first-order valence-corrected chi connectivity index (χ1v) is 2.99. The highest BCUT2D eigenvalue weighted by molar-refractivity contribution is 5.87. The van der Waals surface area contributed by atoms with Gasteiger partial charge in [0.05, 0.1) is 6.10 Å². The summed E-state index contributed by atoms with van der Waals surface area (Å²) in [5.74, 6) is -0.994. The summed E-state index contributed by atoms with van der Waals surface area (Å²) in [6, 6.07) is -0.439. The van der Waals surface area contributed by atoms with Crippen LogP contribution in [0, 0.1) is 0 Å². The molecule has 2 unspecified atom stereocenters. The Bertz CT molecular complexity index is 187. The van der Waals surface area contributed by atoms with Gasteiger partial charge in [0.25, 0.3) is 0 Å². The average molecular weight is 143 g/mol. The van der Waals surface area contributed by atoms with Gasteiger partial charge in [-0.15, -0.1) is 0 Å². The quantitative estimate of drug-likeness (QED) is 0.443. The molecule has 0 bridgehead atoms. The molecular formula is C6H9NO3. The van der Waals surface area contributed by atoms with E-state index in [1.54, 1.807) is 0 Å². The summed E-state index contributed by atoms with van der Waals surface area (Å²) in [4.78, 5) is 10.3. The fourth-order valence-electron chi connectivity index (χ4n) is 0.931. The maximum absolute atomic E-state index is 10.3. The molecule has 2 atom stereocenters. The van der Waals surface area contributed by atoms with E-state index in [0.717, 1.165) is 0 Å². The molecule has 0 aromatic heterocycles. The standard InChI is InChI=1S/C6H9NO3/c7-4-1-3(6(9)10)2-5(4)8/h2,4-5,8H,1,7H2,(H,9,10). The van der Waals surface area contributed by atoms with Gasteiger partial charge < -0.3 is 15.9 Å². The van der Waals surface area contributed by atoms with Gasteiger partial charge in [0.1, 0.15) is 0 Å². The number of hydrogen-bond acceptors (Lipinski definition) is 3. The number of nitrogens with two attached hydrogens (primary N) is 1. The van der Waals surface area contributed by atoms with E-state index >= 15 is 0 Å². The Labute approximate surface area is 58.0 Å². The fourth-order valence-corrected chi connectivity index (χ4v) is 0.931. The molecule has 0 aliphatic heterocycles. The van der Waals surface area contributed by atoms with E-state index < -0.39 is 18.1 Å². The van der Waals surface area contributed by atoms with Crippen LogP contribution in [0.5, 0.6) is 0 Å². The van der Waals surface area contributed by atoms with Crippen LogP contribution in [0.4, 0.5) is 0 Å². The van der Waals surface area contributed by atoms with Crippen molar-refractivity contribution in [2.24, 2.45) is 5.73 Å². The molecule has 0 heterocycles. The Morgan fingerprint density at radius 1 is 1.80 bits per heavy atom. The van der Waals surface area contributed by atoms with E-state index in [1.165, 1.54) is 6.08 Å². The van der Waals surface area contributed by atoms with Gasteiger partial charge in [-0.25, -0.2) is 4.79 Å². The van der Waals surface area contributed by atoms with Gasteiger partial charge in [-0.1, -0.05) is 0 Å². The van der Waals surface area contributed by atoms with Crippen molar-refractivity contribution in [1.29, 1.82) is 0 Å². The predicted octanol–water partition coefficient (Wildman–Crippen LogP) is -0.911. The van der Waals surface area contributed by atoms with Crippen molar-refractivity contribution in [1.82, 2.24) is 0 Å². The molecule has 0 aromatic rings. The number of aliphatic carboxylic acids is 1. The molecular weight excluding hydrogens is 134 g/mol. The summed E-state index contributed by atoms with van der Waals surface area (Å²) < 4.78 is 0. The second-order valence-corrected chi connectivity index (χ2v) is 2.36. The highest BCUT2D eigenvalue weighted by Crippen LogP contribution is 2.17. The lowest BCUT2D eigenvalue weighted by Crippen LogP contribution is -2.29. The van der Waals surface area contributed by atoms with Crippen LogP contribution in [0.15, 0.2) is 11.6 Å². The summed E-state index contributed by atoms with van der Waals surface area (Å²) >= 11 is 0. The summed E-state index contributed by atoms with van der Waals surface area (Å²) in [6.07, 6.45) is 0.759. The topological polar surface area (TPSA) is 83.6 Å².